The second-order valence-corrected chi connectivity index (χ2v) is 19.5. The summed E-state index contributed by atoms with van der Waals surface area (Å²) in [6.07, 6.45) is 78.2. The maximum atomic E-state index is 12.9. The molecule has 0 amide bonds. The zero-order chi connectivity index (χ0) is 51.4. The minimum Gasteiger partial charge on any atom is -0.462 e. The van der Waals surface area contributed by atoms with Gasteiger partial charge >= 0.3 is 17.9 Å². The molecule has 0 saturated carbocycles. The molecule has 0 aliphatic rings. The monoisotopic (exact) mass is 987 g/mol. The largest absolute Gasteiger partial charge is 0.462 e. The Morgan fingerprint density at radius 2 is 0.549 bits per heavy atom. The number of ether oxygens (including phenoxy) is 3. The summed E-state index contributed by atoms with van der Waals surface area (Å²) in [4.78, 5) is 38.2. The summed E-state index contributed by atoms with van der Waals surface area (Å²) in [6.45, 7) is 6.48. The first-order valence-electron chi connectivity index (χ1n) is 29.7. The third-order valence-corrected chi connectivity index (χ3v) is 12.6. The second-order valence-electron chi connectivity index (χ2n) is 19.5. The lowest BCUT2D eigenvalue weighted by Crippen LogP contribution is -2.30. The van der Waals surface area contributed by atoms with Crippen molar-refractivity contribution in [1.29, 1.82) is 0 Å². The van der Waals surface area contributed by atoms with Crippen molar-refractivity contribution >= 4 is 17.9 Å². The molecule has 0 radical (unpaired) electrons. The fourth-order valence-corrected chi connectivity index (χ4v) is 8.12. The van der Waals surface area contributed by atoms with Gasteiger partial charge in [0.25, 0.3) is 0 Å². The van der Waals surface area contributed by atoms with Crippen LogP contribution in [0.2, 0.25) is 0 Å². The van der Waals surface area contributed by atoms with Crippen molar-refractivity contribution in [2.24, 2.45) is 0 Å². The number of hydrogen-bond acceptors (Lipinski definition) is 6. The number of carbonyl (C=O) groups excluding carboxylic acids is 3. The average molecular weight is 988 g/mol. The highest BCUT2D eigenvalue weighted by Gasteiger charge is 2.19. The van der Waals surface area contributed by atoms with Gasteiger partial charge in [-0.05, 0) is 103 Å². The highest BCUT2D eigenvalue weighted by Crippen LogP contribution is 2.15. The normalized spacial score (nSPS) is 12.8. The van der Waals surface area contributed by atoms with Crippen molar-refractivity contribution < 1.29 is 28.6 Å². The zero-order valence-corrected chi connectivity index (χ0v) is 46.5. The number of carbonyl (C=O) groups is 3. The molecule has 0 aromatic rings. The molecule has 0 N–H and O–H groups in total. The van der Waals surface area contributed by atoms with Gasteiger partial charge in [0.2, 0.25) is 0 Å². The lowest BCUT2D eigenvalue weighted by atomic mass is 10.0. The fraction of sp³-hybridized carbons (Fsp3) is 0.708. The molecule has 0 fully saturated rings. The van der Waals surface area contributed by atoms with Gasteiger partial charge < -0.3 is 14.2 Å². The van der Waals surface area contributed by atoms with E-state index in [0.29, 0.717) is 19.3 Å². The van der Waals surface area contributed by atoms with E-state index in [0.717, 1.165) is 109 Å². The maximum absolute atomic E-state index is 12.9. The molecule has 0 bridgehead atoms. The first kappa shape index (κ1) is 67.3. The lowest BCUT2D eigenvalue weighted by Gasteiger charge is -2.18. The predicted octanol–water partition coefficient (Wildman–Crippen LogP) is 20.1. The van der Waals surface area contributed by atoms with Crippen molar-refractivity contribution in [3.8, 4) is 0 Å². The molecule has 6 nitrogen and oxygen atoms in total. The minimum atomic E-state index is -0.800. The number of esters is 3. The highest BCUT2D eigenvalue weighted by atomic mass is 16.6. The van der Waals surface area contributed by atoms with Crippen molar-refractivity contribution in [1.82, 2.24) is 0 Å². The third-order valence-electron chi connectivity index (χ3n) is 12.6. The van der Waals surface area contributed by atoms with Crippen LogP contribution in [0, 0.1) is 0 Å². The summed E-state index contributed by atoms with van der Waals surface area (Å²) in [6, 6.07) is 0. The zero-order valence-electron chi connectivity index (χ0n) is 46.5. The molecule has 0 aromatic carbocycles. The number of rotatable bonds is 53. The molecule has 0 heterocycles. The van der Waals surface area contributed by atoms with E-state index in [1.807, 2.05) is 0 Å². The molecule has 1 atom stereocenters. The number of unbranched alkanes of at least 4 members (excludes halogenated alkanes) is 26. The van der Waals surface area contributed by atoms with E-state index in [9.17, 15) is 14.4 Å². The van der Waals surface area contributed by atoms with Gasteiger partial charge in [0, 0.05) is 19.3 Å². The van der Waals surface area contributed by atoms with E-state index < -0.39 is 6.10 Å². The Morgan fingerprint density at radius 3 is 0.915 bits per heavy atom. The Kier molecular flexibility index (Phi) is 55.9. The summed E-state index contributed by atoms with van der Waals surface area (Å²) < 4.78 is 16.9. The van der Waals surface area contributed by atoms with Crippen LogP contribution in [-0.4, -0.2) is 37.2 Å². The van der Waals surface area contributed by atoms with Gasteiger partial charge in [0.05, 0.1) is 0 Å². The van der Waals surface area contributed by atoms with Crippen molar-refractivity contribution in [3.63, 3.8) is 0 Å². The SMILES string of the molecule is CC/C=C\C/C=C\C/C=C\C/C=C\C/C=C\C/C=C\CCCCC(=O)OCC(COC(=O)CCCCCCCCCCCCCCCCC)OC(=O)CCCCCCCCC/C=C\C/C=C\CCCCC. The fourth-order valence-electron chi connectivity index (χ4n) is 8.12. The van der Waals surface area contributed by atoms with Crippen LogP contribution in [0.25, 0.3) is 0 Å². The average Bonchev–Trinajstić information content (AvgIpc) is 3.37. The molecular formula is C65H110O6. The van der Waals surface area contributed by atoms with Crippen LogP contribution in [0.5, 0.6) is 0 Å². The van der Waals surface area contributed by atoms with Crippen LogP contribution in [0.3, 0.4) is 0 Å². The molecule has 6 heteroatoms. The quantitative estimate of drug-likeness (QED) is 0.0261. The van der Waals surface area contributed by atoms with E-state index in [2.05, 4.69) is 118 Å². The van der Waals surface area contributed by atoms with E-state index in [1.54, 1.807) is 0 Å². The molecule has 0 aromatic heterocycles. The first-order chi connectivity index (χ1) is 35.0. The van der Waals surface area contributed by atoms with Crippen LogP contribution in [-0.2, 0) is 28.6 Å². The topological polar surface area (TPSA) is 78.9 Å². The van der Waals surface area contributed by atoms with Crippen LogP contribution in [0.1, 0.15) is 278 Å². The Balaban J connectivity index is 4.47. The Bertz CT molecular complexity index is 1410. The molecular weight excluding hydrogens is 877 g/mol. The van der Waals surface area contributed by atoms with Crippen LogP contribution in [0.15, 0.2) is 97.2 Å². The second kappa shape index (κ2) is 58.9. The van der Waals surface area contributed by atoms with Crippen molar-refractivity contribution in [3.05, 3.63) is 97.2 Å². The van der Waals surface area contributed by atoms with Crippen molar-refractivity contribution in [2.45, 2.75) is 284 Å². The molecule has 1 unspecified atom stereocenters. The van der Waals surface area contributed by atoms with Gasteiger partial charge in [-0.2, -0.15) is 0 Å². The molecule has 71 heavy (non-hydrogen) atoms. The van der Waals surface area contributed by atoms with Gasteiger partial charge in [0.15, 0.2) is 6.10 Å². The maximum Gasteiger partial charge on any atom is 0.306 e. The Hall–Kier alpha value is -3.67. The van der Waals surface area contributed by atoms with Gasteiger partial charge in [-0.15, -0.1) is 0 Å². The highest BCUT2D eigenvalue weighted by molar-refractivity contribution is 5.71. The summed E-state index contributed by atoms with van der Waals surface area (Å²) in [5.41, 5.74) is 0. The van der Waals surface area contributed by atoms with E-state index >= 15 is 0 Å². The van der Waals surface area contributed by atoms with Crippen molar-refractivity contribution in [2.75, 3.05) is 13.2 Å². The molecule has 406 valence electrons. The van der Waals surface area contributed by atoms with Gasteiger partial charge in [-0.25, -0.2) is 0 Å². The molecule has 0 saturated heterocycles. The Morgan fingerprint density at radius 1 is 0.296 bits per heavy atom. The minimum absolute atomic E-state index is 0.0930. The summed E-state index contributed by atoms with van der Waals surface area (Å²) in [7, 11) is 0. The summed E-state index contributed by atoms with van der Waals surface area (Å²) >= 11 is 0. The van der Waals surface area contributed by atoms with Crippen LogP contribution < -0.4 is 0 Å². The summed E-state index contributed by atoms with van der Waals surface area (Å²) in [5, 5.41) is 0. The third kappa shape index (κ3) is 57.1. The number of allylic oxidation sites excluding steroid dienone is 16. The predicted molar refractivity (Wildman–Crippen MR) is 307 cm³/mol. The van der Waals surface area contributed by atoms with Crippen LogP contribution >= 0.6 is 0 Å². The molecule has 0 aliphatic carbocycles. The lowest BCUT2D eigenvalue weighted by molar-refractivity contribution is -0.167. The molecule has 0 aliphatic heterocycles. The molecule has 0 rings (SSSR count). The van der Waals surface area contributed by atoms with E-state index in [1.165, 1.54) is 128 Å². The standard InChI is InChI=1S/C65H110O6/c1-4-7-10-13-16-19-22-25-28-30-31-32-33-35-37-40-43-46-49-52-55-58-64(67)70-61-62(60-69-63(66)57-54-51-48-45-42-39-36-27-24-21-18-15-12-9-6-3)71-65(68)59-56-53-50-47-44-41-38-34-29-26-23-20-17-14-11-8-5-2/h7,10,16-17,19-20,25-26,28-29,31-32,35,37,43,46,62H,4-6,8-9,11-15,18,21-24,27,30,33-34,36,38-42,44-45,47-61H2,1-3H3/b10-7-,19-16-,20-17-,28-25-,29-26-,32-31-,37-35-,46-43-. The summed E-state index contributed by atoms with van der Waals surface area (Å²) in [5.74, 6) is -0.939. The van der Waals surface area contributed by atoms with Gasteiger partial charge in [-0.1, -0.05) is 253 Å². The van der Waals surface area contributed by atoms with Gasteiger partial charge in [0.1, 0.15) is 13.2 Å². The smallest absolute Gasteiger partial charge is 0.306 e. The Labute approximate surface area is 438 Å². The van der Waals surface area contributed by atoms with E-state index in [4.69, 9.17) is 14.2 Å². The van der Waals surface area contributed by atoms with E-state index in [-0.39, 0.29) is 31.1 Å². The van der Waals surface area contributed by atoms with Crippen LogP contribution in [0.4, 0.5) is 0 Å². The van der Waals surface area contributed by atoms with Gasteiger partial charge in [-0.3, -0.25) is 14.4 Å². The number of hydrogen-bond donors (Lipinski definition) is 0. The first-order valence-corrected chi connectivity index (χ1v) is 29.7. The molecule has 0 spiro atoms.